The molecule has 0 amide bonds. The van der Waals surface area contributed by atoms with E-state index in [4.69, 9.17) is 4.74 Å². The molecule has 3 nitrogen and oxygen atoms in total. The largest absolute Gasteiger partial charge is 0.381 e. The van der Waals surface area contributed by atoms with Gasteiger partial charge in [0.25, 0.3) is 0 Å². The Kier molecular flexibility index (Phi) is 5.96. The minimum Gasteiger partial charge on any atom is -0.381 e. The molecule has 1 unspecified atom stereocenters. The number of nitrogens with zero attached hydrogens (tertiary/aromatic N) is 1. The Hall–Kier alpha value is -1.45. The van der Waals surface area contributed by atoms with Crippen LogP contribution in [0.15, 0.2) is 36.5 Å². The normalized spacial score (nSPS) is 12.7. The lowest BCUT2D eigenvalue weighted by molar-refractivity contribution is 0.124. The number of fused-ring (bicyclic) bond motifs is 1. The van der Waals surface area contributed by atoms with Crippen molar-refractivity contribution in [2.45, 2.75) is 32.7 Å². The molecule has 20 heavy (non-hydrogen) atoms. The zero-order valence-electron chi connectivity index (χ0n) is 12.4. The SMILES string of the molecule is CCCOCCC(NCC)c1ccc2ncccc2c1. The van der Waals surface area contributed by atoms with Crippen molar-refractivity contribution in [3.05, 3.63) is 42.1 Å². The van der Waals surface area contributed by atoms with Crippen LogP contribution in [-0.2, 0) is 4.74 Å². The fourth-order valence-corrected chi connectivity index (χ4v) is 2.39. The number of benzene rings is 1. The van der Waals surface area contributed by atoms with Crippen LogP contribution in [0, 0.1) is 0 Å². The Labute approximate surface area is 121 Å². The molecule has 1 aromatic carbocycles. The summed E-state index contributed by atoms with van der Waals surface area (Å²) < 4.78 is 5.62. The van der Waals surface area contributed by atoms with Gasteiger partial charge in [0.15, 0.2) is 0 Å². The highest BCUT2D eigenvalue weighted by molar-refractivity contribution is 5.79. The lowest BCUT2D eigenvalue weighted by Crippen LogP contribution is -2.22. The summed E-state index contributed by atoms with van der Waals surface area (Å²) in [5.41, 5.74) is 2.36. The maximum atomic E-state index is 5.62. The van der Waals surface area contributed by atoms with Crippen molar-refractivity contribution >= 4 is 10.9 Å². The van der Waals surface area contributed by atoms with E-state index in [0.29, 0.717) is 6.04 Å². The van der Waals surface area contributed by atoms with E-state index in [0.717, 1.165) is 38.1 Å². The molecule has 1 atom stereocenters. The van der Waals surface area contributed by atoms with Gasteiger partial charge in [-0.2, -0.15) is 0 Å². The highest BCUT2D eigenvalue weighted by atomic mass is 16.5. The maximum Gasteiger partial charge on any atom is 0.0702 e. The minimum absolute atomic E-state index is 0.349. The van der Waals surface area contributed by atoms with Crippen molar-refractivity contribution in [3.8, 4) is 0 Å². The van der Waals surface area contributed by atoms with E-state index in [-0.39, 0.29) is 0 Å². The third-order valence-corrected chi connectivity index (χ3v) is 3.38. The molecular formula is C17H24N2O. The van der Waals surface area contributed by atoms with Crippen molar-refractivity contribution in [1.29, 1.82) is 0 Å². The van der Waals surface area contributed by atoms with E-state index in [1.54, 1.807) is 0 Å². The Morgan fingerprint density at radius 2 is 2.10 bits per heavy atom. The third kappa shape index (κ3) is 4.02. The van der Waals surface area contributed by atoms with Crippen LogP contribution in [0.3, 0.4) is 0 Å². The summed E-state index contributed by atoms with van der Waals surface area (Å²) in [4.78, 5) is 4.37. The topological polar surface area (TPSA) is 34.1 Å². The van der Waals surface area contributed by atoms with Crippen LogP contribution >= 0.6 is 0 Å². The molecule has 1 N–H and O–H groups in total. The predicted octanol–water partition coefficient (Wildman–Crippen LogP) is 3.70. The summed E-state index contributed by atoms with van der Waals surface area (Å²) in [5.74, 6) is 0. The first-order chi connectivity index (χ1) is 9.85. The van der Waals surface area contributed by atoms with Crippen LogP contribution < -0.4 is 5.32 Å². The van der Waals surface area contributed by atoms with Crippen LogP contribution in [0.5, 0.6) is 0 Å². The van der Waals surface area contributed by atoms with Gasteiger partial charge in [0.1, 0.15) is 0 Å². The van der Waals surface area contributed by atoms with Gasteiger partial charge in [-0.1, -0.05) is 26.0 Å². The van der Waals surface area contributed by atoms with Crippen molar-refractivity contribution in [3.63, 3.8) is 0 Å². The van der Waals surface area contributed by atoms with Crippen LogP contribution in [0.1, 0.15) is 38.3 Å². The zero-order chi connectivity index (χ0) is 14.2. The molecule has 0 spiro atoms. The van der Waals surface area contributed by atoms with Gasteiger partial charge in [0.05, 0.1) is 5.52 Å². The second-order valence-corrected chi connectivity index (χ2v) is 4.97. The molecule has 1 aromatic heterocycles. The van der Waals surface area contributed by atoms with Gasteiger partial charge >= 0.3 is 0 Å². The molecule has 0 saturated heterocycles. The second kappa shape index (κ2) is 7.98. The van der Waals surface area contributed by atoms with Crippen molar-refractivity contribution in [1.82, 2.24) is 10.3 Å². The molecule has 0 saturated carbocycles. The molecule has 0 fully saturated rings. The first-order valence-electron chi connectivity index (χ1n) is 7.51. The van der Waals surface area contributed by atoms with E-state index in [1.165, 1.54) is 10.9 Å². The Morgan fingerprint density at radius 3 is 2.90 bits per heavy atom. The fourth-order valence-electron chi connectivity index (χ4n) is 2.39. The Balaban J connectivity index is 2.09. The number of hydrogen-bond donors (Lipinski definition) is 1. The van der Waals surface area contributed by atoms with Gasteiger partial charge < -0.3 is 10.1 Å². The van der Waals surface area contributed by atoms with E-state index >= 15 is 0 Å². The molecular weight excluding hydrogens is 248 g/mol. The van der Waals surface area contributed by atoms with Crippen LogP contribution in [0.25, 0.3) is 10.9 Å². The van der Waals surface area contributed by atoms with Crippen LogP contribution in [0.4, 0.5) is 0 Å². The van der Waals surface area contributed by atoms with Crippen molar-refractivity contribution in [2.75, 3.05) is 19.8 Å². The summed E-state index contributed by atoms with van der Waals surface area (Å²) >= 11 is 0. The quantitative estimate of drug-likeness (QED) is 0.744. The predicted molar refractivity (Wildman–Crippen MR) is 83.9 cm³/mol. The monoisotopic (exact) mass is 272 g/mol. The molecule has 2 aromatic rings. The molecule has 0 aliphatic heterocycles. The van der Waals surface area contributed by atoms with Crippen LogP contribution in [0.2, 0.25) is 0 Å². The molecule has 0 bridgehead atoms. The number of nitrogens with one attached hydrogen (secondary N) is 1. The van der Waals surface area contributed by atoms with Crippen molar-refractivity contribution < 1.29 is 4.74 Å². The number of rotatable bonds is 8. The van der Waals surface area contributed by atoms with Gasteiger partial charge in [0, 0.05) is 30.8 Å². The number of ether oxygens (including phenoxy) is 1. The highest BCUT2D eigenvalue weighted by Crippen LogP contribution is 2.21. The summed E-state index contributed by atoms with van der Waals surface area (Å²) in [5, 5.41) is 4.74. The standard InChI is InChI=1S/C17H24N2O/c1-3-11-20-12-9-17(18-4-2)15-7-8-16-14(13-15)6-5-10-19-16/h5-8,10,13,17-18H,3-4,9,11-12H2,1-2H3. The summed E-state index contributed by atoms with van der Waals surface area (Å²) in [6.45, 7) is 6.89. The molecule has 0 aliphatic rings. The summed E-state index contributed by atoms with van der Waals surface area (Å²) in [6, 6.07) is 10.9. The third-order valence-electron chi connectivity index (χ3n) is 3.38. The van der Waals surface area contributed by atoms with Crippen molar-refractivity contribution in [2.24, 2.45) is 0 Å². The first kappa shape index (κ1) is 14.9. The molecule has 0 aliphatic carbocycles. The highest BCUT2D eigenvalue weighted by Gasteiger charge is 2.10. The van der Waals surface area contributed by atoms with E-state index in [1.807, 2.05) is 12.3 Å². The van der Waals surface area contributed by atoms with Gasteiger partial charge in [-0.3, -0.25) is 4.98 Å². The lowest BCUT2D eigenvalue weighted by atomic mass is 10.0. The van der Waals surface area contributed by atoms with E-state index in [9.17, 15) is 0 Å². The second-order valence-electron chi connectivity index (χ2n) is 4.97. The van der Waals surface area contributed by atoms with Crippen LogP contribution in [-0.4, -0.2) is 24.7 Å². The number of aromatic nitrogens is 1. The molecule has 3 heteroatoms. The molecule has 1 heterocycles. The average Bonchev–Trinajstić information content (AvgIpc) is 2.50. The summed E-state index contributed by atoms with van der Waals surface area (Å²) in [6.07, 6.45) is 3.91. The smallest absolute Gasteiger partial charge is 0.0702 e. The minimum atomic E-state index is 0.349. The van der Waals surface area contributed by atoms with E-state index < -0.39 is 0 Å². The van der Waals surface area contributed by atoms with Gasteiger partial charge in [0.2, 0.25) is 0 Å². The number of pyridine rings is 1. The lowest BCUT2D eigenvalue weighted by Gasteiger charge is -2.19. The fraction of sp³-hybridized carbons (Fsp3) is 0.471. The first-order valence-corrected chi connectivity index (χ1v) is 7.51. The Morgan fingerprint density at radius 1 is 1.20 bits per heavy atom. The maximum absolute atomic E-state index is 5.62. The molecule has 108 valence electrons. The van der Waals surface area contributed by atoms with E-state index in [2.05, 4.69) is 48.4 Å². The van der Waals surface area contributed by atoms with Gasteiger partial charge in [-0.05, 0) is 43.1 Å². The Bertz CT molecular complexity index is 527. The van der Waals surface area contributed by atoms with Gasteiger partial charge in [-0.15, -0.1) is 0 Å². The average molecular weight is 272 g/mol. The summed E-state index contributed by atoms with van der Waals surface area (Å²) in [7, 11) is 0. The zero-order valence-corrected chi connectivity index (χ0v) is 12.4. The molecule has 0 radical (unpaired) electrons. The molecule has 2 rings (SSSR count). The van der Waals surface area contributed by atoms with Gasteiger partial charge in [-0.25, -0.2) is 0 Å². The number of hydrogen-bond acceptors (Lipinski definition) is 3.